The molecule has 2 fully saturated rings. The van der Waals surface area contributed by atoms with E-state index in [9.17, 15) is 0 Å². The molecule has 52 valence electrons. The minimum absolute atomic E-state index is 0.926. The largest absolute Gasteiger partial charge is 0.330 e. The number of hydrogen-bond donors (Lipinski definition) is 1. The Labute approximate surface area is 56.6 Å². The van der Waals surface area contributed by atoms with Gasteiger partial charge in [-0.25, -0.2) is 0 Å². The van der Waals surface area contributed by atoms with E-state index in [4.69, 9.17) is 5.73 Å². The van der Waals surface area contributed by atoms with Gasteiger partial charge >= 0.3 is 0 Å². The van der Waals surface area contributed by atoms with Crippen LogP contribution >= 0.6 is 0 Å². The fraction of sp³-hybridized carbons (Fsp3) is 1.00. The summed E-state index contributed by atoms with van der Waals surface area (Å²) in [7, 11) is 0. The van der Waals surface area contributed by atoms with Crippen LogP contribution in [0.15, 0.2) is 0 Å². The summed E-state index contributed by atoms with van der Waals surface area (Å²) < 4.78 is 0. The maximum Gasteiger partial charge on any atom is -0.00460 e. The van der Waals surface area contributed by atoms with Gasteiger partial charge in [-0.05, 0) is 30.7 Å². The Balaban J connectivity index is 1.76. The van der Waals surface area contributed by atoms with Crippen LogP contribution in [0.3, 0.4) is 0 Å². The highest BCUT2D eigenvalue weighted by molar-refractivity contribution is 4.94. The van der Waals surface area contributed by atoms with Crippen molar-refractivity contribution in [2.75, 3.05) is 6.54 Å². The maximum atomic E-state index is 5.54. The molecule has 0 aliphatic heterocycles. The minimum Gasteiger partial charge on any atom is -0.330 e. The summed E-state index contributed by atoms with van der Waals surface area (Å²) in [5.74, 6) is 3.08. The van der Waals surface area contributed by atoms with Gasteiger partial charge < -0.3 is 5.73 Å². The smallest absolute Gasteiger partial charge is 0.00460 e. The van der Waals surface area contributed by atoms with E-state index in [-0.39, 0.29) is 0 Å². The predicted molar refractivity (Wildman–Crippen MR) is 38.0 cm³/mol. The molecule has 2 N–H and O–H groups in total. The highest BCUT2D eigenvalue weighted by atomic mass is 14.6. The van der Waals surface area contributed by atoms with E-state index in [0.29, 0.717) is 0 Å². The molecule has 0 radical (unpaired) electrons. The molecule has 0 heterocycles. The Bertz CT molecular complexity index is 107. The fourth-order valence-electron chi connectivity index (χ4n) is 1.99. The third-order valence-corrected chi connectivity index (χ3v) is 3.04. The molecule has 0 spiro atoms. The zero-order valence-corrected chi connectivity index (χ0v) is 5.84. The second-order valence-corrected chi connectivity index (χ2v) is 3.59. The molecule has 0 aromatic rings. The first-order chi connectivity index (χ1) is 4.42. The molecule has 1 nitrogen and oxygen atoms in total. The van der Waals surface area contributed by atoms with Crippen LogP contribution in [0, 0.1) is 17.8 Å². The normalized spacial score (nSPS) is 42.3. The van der Waals surface area contributed by atoms with Crippen LogP contribution in [0.4, 0.5) is 0 Å². The Morgan fingerprint density at radius 1 is 1.33 bits per heavy atom. The molecule has 2 saturated carbocycles. The quantitative estimate of drug-likeness (QED) is 0.593. The van der Waals surface area contributed by atoms with Gasteiger partial charge in [-0.1, -0.05) is 19.3 Å². The molecule has 0 saturated heterocycles. The Morgan fingerprint density at radius 3 is 2.44 bits per heavy atom. The Morgan fingerprint density at radius 2 is 2.11 bits per heavy atom. The monoisotopic (exact) mass is 125 g/mol. The molecule has 0 bridgehead atoms. The first kappa shape index (κ1) is 5.72. The molecule has 1 heteroatoms. The molecule has 2 aliphatic carbocycles. The van der Waals surface area contributed by atoms with E-state index < -0.39 is 0 Å². The van der Waals surface area contributed by atoms with E-state index in [0.717, 1.165) is 24.3 Å². The number of rotatable bonds is 2. The van der Waals surface area contributed by atoms with Crippen molar-refractivity contribution in [3.8, 4) is 0 Å². The van der Waals surface area contributed by atoms with Crippen LogP contribution in [-0.2, 0) is 0 Å². The van der Waals surface area contributed by atoms with Gasteiger partial charge in [0.05, 0.1) is 0 Å². The summed E-state index contributed by atoms with van der Waals surface area (Å²) >= 11 is 0. The zero-order chi connectivity index (χ0) is 6.27. The van der Waals surface area contributed by atoms with Crippen LogP contribution in [0.5, 0.6) is 0 Å². The average molecular weight is 125 g/mol. The molecule has 2 rings (SSSR count). The zero-order valence-electron chi connectivity index (χ0n) is 5.84. The second kappa shape index (κ2) is 1.98. The standard InChI is InChI=1S/C8H15N/c9-5-7-4-8(7)6-2-1-3-6/h6-8H,1-5,9H2/t7-,8-/m0/s1. The lowest BCUT2D eigenvalue weighted by molar-refractivity contribution is 0.266. The van der Waals surface area contributed by atoms with Gasteiger partial charge in [-0.15, -0.1) is 0 Å². The predicted octanol–water partition coefficient (Wildman–Crippen LogP) is 1.38. The van der Waals surface area contributed by atoms with Crippen molar-refractivity contribution in [2.24, 2.45) is 23.5 Å². The van der Waals surface area contributed by atoms with E-state index >= 15 is 0 Å². The van der Waals surface area contributed by atoms with E-state index in [1.54, 1.807) is 0 Å². The van der Waals surface area contributed by atoms with Gasteiger partial charge in [-0.2, -0.15) is 0 Å². The SMILES string of the molecule is NC[C@@H]1C[C@H]1C1CCC1. The van der Waals surface area contributed by atoms with Gasteiger partial charge in [0.1, 0.15) is 0 Å². The lowest BCUT2D eigenvalue weighted by Crippen LogP contribution is -2.16. The van der Waals surface area contributed by atoms with Gasteiger partial charge in [0.15, 0.2) is 0 Å². The molecule has 0 aromatic heterocycles. The van der Waals surface area contributed by atoms with E-state index in [1.807, 2.05) is 0 Å². The van der Waals surface area contributed by atoms with Gasteiger partial charge in [0.2, 0.25) is 0 Å². The third kappa shape index (κ3) is 0.877. The van der Waals surface area contributed by atoms with Gasteiger partial charge in [-0.3, -0.25) is 0 Å². The summed E-state index contributed by atoms with van der Waals surface area (Å²) in [5.41, 5.74) is 5.54. The molecular weight excluding hydrogens is 110 g/mol. The number of hydrogen-bond acceptors (Lipinski definition) is 1. The van der Waals surface area contributed by atoms with Crippen molar-refractivity contribution in [3.05, 3.63) is 0 Å². The molecule has 0 aromatic carbocycles. The second-order valence-electron chi connectivity index (χ2n) is 3.59. The van der Waals surface area contributed by atoms with Crippen molar-refractivity contribution in [2.45, 2.75) is 25.7 Å². The first-order valence-corrected chi connectivity index (χ1v) is 4.12. The fourth-order valence-corrected chi connectivity index (χ4v) is 1.99. The van der Waals surface area contributed by atoms with E-state index in [1.165, 1.54) is 25.7 Å². The van der Waals surface area contributed by atoms with E-state index in [2.05, 4.69) is 0 Å². The van der Waals surface area contributed by atoms with Crippen LogP contribution in [-0.4, -0.2) is 6.54 Å². The van der Waals surface area contributed by atoms with Crippen molar-refractivity contribution in [1.29, 1.82) is 0 Å². The van der Waals surface area contributed by atoms with Crippen molar-refractivity contribution in [3.63, 3.8) is 0 Å². The Kier molecular flexibility index (Phi) is 1.26. The molecule has 2 aliphatic rings. The van der Waals surface area contributed by atoms with Crippen molar-refractivity contribution < 1.29 is 0 Å². The molecule has 0 amide bonds. The number of nitrogens with two attached hydrogens (primary N) is 1. The van der Waals surface area contributed by atoms with Crippen LogP contribution in [0.2, 0.25) is 0 Å². The molecule has 0 unspecified atom stereocenters. The highest BCUT2D eigenvalue weighted by Gasteiger charge is 2.43. The van der Waals surface area contributed by atoms with Crippen molar-refractivity contribution in [1.82, 2.24) is 0 Å². The maximum absolute atomic E-state index is 5.54. The first-order valence-electron chi connectivity index (χ1n) is 4.12. The lowest BCUT2D eigenvalue weighted by atomic mass is 9.81. The van der Waals surface area contributed by atoms with Crippen LogP contribution < -0.4 is 5.73 Å². The van der Waals surface area contributed by atoms with Gasteiger partial charge in [0.25, 0.3) is 0 Å². The Hall–Kier alpha value is -0.0400. The molecule has 9 heavy (non-hydrogen) atoms. The third-order valence-electron chi connectivity index (χ3n) is 3.04. The lowest BCUT2D eigenvalue weighted by Gasteiger charge is -2.25. The van der Waals surface area contributed by atoms with Crippen LogP contribution in [0.25, 0.3) is 0 Å². The van der Waals surface area contributed by atoms with Gasteiger partial charge in [0, 0.05) is 0 Å². The summed E-state index contributed by atoms with van der Waals surface area (Å²) in [6, 6.07) is 0. The summed E-state index contributed by atoms with van der Waals surface area (Å²) in [5, 5.41) is 0. The average Bonchev–Trinajstić information content (AvgIpc) is 2.42. The minimum atomic E-state index is 0.926. The molecular formula is C8H15N. The van der Waals surface area contributed by atoms with Crippen molar-refractivity contribution >= 4 is 0 Å². The highest BCUT2D eigenvalue weighted by Crippen LogP contribution is 2.50. The molecule has 2 atom stereocenters. The summed E-state index contributed by atoms with van der Waals surface area (Å²) in [6.07, 6.45) is 5.93. The summed E-state index contributed by atoms with van der Waals surface area (Å²) in [4.78, 5) is 0. The van der Waals surface area contributed by atoms with Crippen LogP contribution in [0.1, 0.15) is 25.7 Å². The summed E-state index contributed by atoms with van der Waals surface area (Å²) in [6.45, 7) is 0.946. The topological polar surface area (TPSA) is 26.0 Å².